The summed E-state index contributed by atoms with van der Waals surface area (Å²) < 4.78 is 0. The molecule has 8 heteroatoms. The molecule has 0 aliphatic carbocycles. The Morgan fingerprint density at radius 3 is 2.10 bits per heavy atom. The molecule has 0 aromatic heterocycles. The first-order valence-corrected chi connectivity index (χ1v) is 14.4. The molecule has 2 aliphatic heterocycles. The van der Waals surface area contributed by atoms with Crippen molar-refractivity contribution in [1.29, 1.82) is 0 Å². The smallest absolute Gasteiger partial charge is 0.253 e. The van der Waals surface area contributed by atoms with Crippen molar-refractivity contribution in [3.63, 3.8) is 0 Å². The van der Waals surface area contributed by atoms with Crippen LogP contribution in [0.25, 0.3) is 0 Å². The number of carbonyl (C=O) groups excluding carboxylic acids is 4. The standard InChI is InChI=1S/C33H36N4O4/c38-30(34-29-13-7-11-26(22-29)33(41)36-18-5-2-6-19-36)21-24-14-16-28(17-15-24)35-31(39)27-12-8-20-37(23-27)32(40)25-9-3-1-4-10-25/h1,3-4,7,9-11,13-17,22,27H,2,5-6,8,12,18-21,23H2,(H,34,38)(H,35,39). The van der Waals surface area contributed by atoms with Crippen molar-refractivity contribution in [1.82, 2.24) is 9.80 Å². The lowest BCUT2D eigenvalue weighted by Gasteiger charge is -2.32. The molecule has 5 rings (SSSR count). The maximum absolute atomic E-state index is 13.0. The lowest BCUT2D eigenvalue weighted by molar-refractivity contribution is -0.121. The maximum atomic E-state index is 13.0. The van der Waals surface area contributed by atoms with Gasteiger partial charge < -0.3 is 20.4 Å². The molecule has 3 aromatic rings. The number of hydrogen-bond acceptors (Lipinski definition) is 4. The van der Waals surface area contributed by atoms with E-state index in [1.807, 2.05) is 35.2 Å². The molecule has 1 unspecified atom stereocenters. The molecular formula is C33H36N4O4. The second kappa shape index (κ2) is 13.3. The van der Waals surface area contributed by atoms with Gasteiger partial charge in [-0.3, -0.25) is 19.2 Å². The molecule has 1 atom stereocenters. The van der Waals surface area contributed by atoms with Crippen LogP contribution in [0.3, 0.4) is 0 Å². The fourth-order valence-electron chi connectivity index (χ4n) is 5.49. The van der Waals surface area contributed by atoms with Crippen LogP contribution in [-0.4, -0.2) is 59.6 Å². The van der Waals surface area contributed by atoms with Crippen LogP contribution in [-0.2, 0) is 16.0 Å². The molecule has 212 valence electrons. The predicted molar refractivity (Wildman–Crippen MR) is 159 cm³/mol. The molecule has 4 amide bonds. The number of likely N-dealkylation sites (tertiary alicyclic amines) is 2. The molecule has 2 N–H and O–H groups in total. The van der Waals surface area contributed by atoms with E-state index in [2.05, 4.69) is 10.6 Å². The highest BCUT2D eigenvalue weighted by Crippen LogP contribution is 2.22. The largest absolute Gasteiger partial charge is 0.339 e. The number of benzene rings is 3. The summed E-state index contributed by atoms with van der Waals surface area (Å²) >= 11 is 0. The minimum Gasteiger partial charge on any atom is -0.339 e. The second-order valence-electron chi connectivity index (χ2n) is 10.8. The zero-order valence-corrected chi connectivity index (χ0v) is 23.2. The van der Waals surface area contributed by atoms with Crippen LogP contribution >= 0.6 is 0 Å². The summed E-state index contributed by atoms with van der Waals surface area (Å²) in [6, 6.07) is 23.4. The normalized spacial score (nSPS) is 17.0. The Morgan fingerprint density at radius 1 is 0.659 bits per heavy atom. The number of piperidine rings is 2. The van der Waals surface area contributed by atoms with Gasteiger partial charge in [0.05, 0.1) is 12.3 Å². The molecule has 0 saturated carbocycles. The summed E-state index contributed by atoms with van der Waals surface area (Å²) in [5.41, 5.74) is 3.25. The summed E-state index contributed by atoms with van der Waals surface area (Å²) in [6.45, 7) is 2.59. The SMILES string of the molecule is O=C(Cc1ccc(NC(=O)C2CCCN(C(=O)c3ccccc3)C2)cc1)Nc1cccc(C(=O)N2CCCCC2)c1. The molecule has 2 heterocycles. The van der Waals surface area contributed by atoms with E-state index < -0.39 is 0 Å². The van der Waals surface area contributed by atoms with E-state index in [1.165, 1.54) is 0 Å². The molecule has 0 radical (unpaired) electrons. The van der Waals surface area contributed by atoms with Crippen molar-refractivity contribution in [3.8, 4) is 0 Å². The van der Waals surface area contributed by atoms with Gasteiger partial charge in [0.2, 0.25) is 11.8 Å². The minimum atomic E-state index is -0.278. The van der Waals surface area contributed by atoms with Crippen LogP contribution in [0.5, 0.6) is 0 Å². The summed E-state index contributed by atoms with van der Waals surface area (Å²) in [7, 11) is 0. The van der Waals surface area contributed by atoms with Gasteiger partial charge in [0.15, 0.2) is 0 Å². The lowest BCUT2D eigenvalue weighted by atomic mass is 9.96. The van der Waals surface area contributed by atoms with Gasteiger partial charge in [-0.25, -0.2) is 0 Å². The van der Waals surface area contributed by atoms with E-state index in [1.54, 1.807) is 53.4 Å². The summed E-state index contributed by atoms with van der Waals surface area (Å²) in [4.78, 5) is 54.9. The van der Waals surface area contributed by atoms with E-state index in [0.717, 1.165) is 50.8 Å². The van der Waals surface area contributed by atoms with Gasteiger partial charge in [-0.15, -0.1) is 0 Å². The third-order valence-corrected chi connectivity index (χ3v) is 7.72. The average Bonchev–Trinajstić information content (AvgIpc) is 3.02. The molecule has 2 fully saturated rings. The molecule has 2 saturated heterocycles. The zero-order chi connectivity index (χ0) is 28.6. The van der Waals surface area contributed by atoms with Crippen LogP contribution in [0.15, 0.2) is 78.9 Å². The first-order chi connectivity index (χ1) is 20.0. The van der Waals surface area contributed by atoms with Crippen molar-refractivity contribution >= 4 is 35.0 Å². The predicted octanol–water partition coefficient (Wildman–Crippen LogP) is 4.98. The molecular weight excluding hydrogens is 516 g/mol. The topological polar surface area (TPSA) is 98.8 Å². The lowest BCUT2D eigenvalue weighted by Crippen LogP contribution is -2.43. The van der Waals surface area contributed by atoms with Crippen LogP contribution in [0.1, 0.15) is 58.4 Å². The Kier molecular flexibility index (Phi) is 9.08. The van der Waals surface area contributed by atoms with Crippen LogP contribution < -0.4 is 10.6 Å². The maximum Gasteiger partial charge on any atom is 0.253 e. The first-order valence-electron chi connectivity index (χ1n) is 14.4. The van der Waals surface area contributed by atoms with Gasteiger partial charge in [0.1, 0.15) is 0 Å². The van der Waals surface area contributed by atoms with E-state index >= 15 is 0 Å². The van der Waals surface area contributed by atoms with Gasteiger partial charge in [-0.1, -0.05) is 36.4 Å². The monoisotopic (exact) mass is 552 g/mol. The average molecular weight is 553 g/mol. The Labute approximate surface area is 240 Å². The van der Waals surface area contributed by atoms with Gasteiger partial charge >= 0.3 is 0 Å². The molecule has 2 aliphatic rings. The summed E-state index contributed by atoms with van der Waals surface area (Å²) in [5.74, 6) is -0.623. The van der Waals surface area contributed by atoms with Crippen LogP contribution in [0, 0.1) is 5.92 Å². The second-order valence-corrected chi connectivity index (χ2v) is 10.8. The third-order valence-electron chi connectivity index (χ3n) is 7.72. The molecule has 0 bridgehead atoms. The van der Waals surface area contributed by atoms with E-state index in [-0.39, 0.29) is 36.0 Å². The Morgan fingerprint density at radius 2 is 1.34 bits per heavy atom. The van der Waals surface area contributed by atoms with Crippen molar-refractivity contribution in [2.75, 3.05) is 36.8 Å². The van der Waals surface area contributed by atoms with E-state index in [0.29, 0.717) is 35.6 Å². The summed E-state index contributed by atoms with van der Waals surface area (Å²) in [6.07, 6.45) is 4.88. The van der Waals surface area contributed by atoms with Crippen LogP contribution in [0.4, 0.5) is 11.4 Å². The number of carbonyl (C=O) groups is 4. The van der Waals surface area contributed by atoms with E-state index in [9.17, 15) is 19.2 Å². The fourth-order valence-corrected chi connectivity index (χ4v) is 5.49. The number of nitrogens with one attached hydrogen (secondary N) is 2. The third kappa shape index (κ3) is 7.39. The zero-order valence-electron chi connectivity index (χ0n) is 23.2. The molecule has 41 heavy (non-hydrogen) atoms. The Balaban J connectivity index is 1.12. The van der Waals surface area contributed by atoms with Gasteiger partial charge in [-0.2, -0.15) is 0 Å². The van der Waals surface area contributed by atoms with Crippen LogP contribution in [0.2, 0.25) is 0 Å². The summed E-state index contributed by atoms with van der Waals surface area (Å²) in [5, 5.41) is 5.85. The Hall–Kier alpha value is -4.46. The first kappa shape index (κ1) is 28.1. The molecule has 0 spiro atoms. The van der Waals surface area contributed by atoms with Crippen molar-refractivity contribution in [2.45, 2.75) is 38.5 Å². The van der Waals surface area contributed by atoms with E-state index in [4.69, 9.17) is 0 Å². The van der Waals surface area contributed by atoms with Crippen molar-refractivity contribution < 1.29 is 19.2 Å². The number of amides is 4. The highest BCUT2D eigenvalue weighted by atomic mass is 16.2. The number of nitrogens with zero attached hydrogens (tertiary/aromatic N) is 2. The van der Waals surface area contributed by atoms with Gasteiger partial charge in [0, 0.05) is 48.7 Å². The van der Waals surface area contributed by atoms with Gasteiger partial charge in [-0.05, 0) is 80.1 Å². The highest BCUT2D eigenvalue weighted by Gasteiger charge is 2.29. The van der Waals surface area contributed by atoms with Crippen molar-refractivity contribution in [3.05, 3.63) is 95.6 Å². The van der Waals surface area contributed by atoms with Crippen molar-refractivity contribution in [2.24, 2.45) is 5.92 Å². The fraction of sp³-hybridized carbons (Fsp3) is 0.333. The highest BCUT2D eigenvalue weighted by molar-refractivity contribution is 5.98. The quantitative estimate of drug-likeness (QED) is 0.432. The minimum absolute atomic E-state index is 0.00200. The number of anilines is 2. The molecule has 3 aromatic carbocycles. The van der Waals surface area contributed by atoms with Gasteiger partial charge in [0.25, 0.3) is 11.8 Å². The number of rotatable bonds is 7. The molecule has 8 nitrogen and oxygen atoms in total. The number of hydrogen-bond donors (Lipinski definition) is 2. The Bertz CT molecular complexity index is 1380.